The second-order valence-electron chi connectivity index (χ2n) is 8.08. The van der Waals surface area contributed by atoms with Crippen LogP contribution in [-0.2, 0) is 10.3 Å². The number of aromatic nitrogens is 5. The van der Waals surface area contributed by atoms with E-state index in [4.69, 9.17) is 10.5 Å². The molecule has 34 heavy (non-hydrogen) atoms. The molecule has 1 unspecified atom stereocenters. The van der Waals surface area contributed by atoms with Crippen molar-refractivity contribution in [2.45, 2.75) is 12.5 Å². The fourth-order valence-electron chi connectivity index (χ4n) is 3.82. The summed E-state index contributed by atoms with van der Waals surface area (Å²) in [6.07, 6.45) is 3.27. The normalized spacial score (nSPS) is 15.5. The van der Waals surface area contributed by atoms with Crippen LogP contribution in [0.5, 0.6) is 0 Å². The molecule has 0 radical (unpaired) electrons. The molecule has 1 saturated heterocycles. The summed E-state index contributed by atoms with van der Waals surface area (Å²) >= 11 is 0. The van der Waals surface area contributed by atoms with Gasteiger partial charge in [0.25, 0.3) is 5.91 Å². The van der Waals surface area contributed by atoms with Crippen LogP contribution in [0.25, 0.3) is 16.7 Å². The summed E-state index contributed by atoms with van der Waals surface area (Å²) in [4.78, 5) is 26.2. The van der Waals surface area contributed by atoms with Gasteiger partial charge in [-0.2, -0.15) is 10.1 Å². The van der Waals surface area contributed by atoms with Crippen LogP contribution in [0.2, 0.25) is 0 Å². The number of nitrogens with two attached hydrogens (primary N) is 1. The third kappa shape index (κ3) is 4.10. The molecule has 1 aliphatic rings. The predicted octanol–water partition coefficient (Wildman–Crippen LogP) is 1.46. The van der Waals surface area contributed by atoms with Gasteiger partial charge < -0.3 is 25.5 Å². The summed E-state index contributed by atoms with van der Waals surface area (Å²) in [5.41, 5.74) is 6.64. The molecule has 0 bridgehead atoms. The minimum absolute atomic E-state index is 0.0974. The largest absolute Gasteiger partial charge is 0.378 e. The van der Waals surface area contributed by atoms with Gasteiger partial charge in [0, 0.05) is 42.5 Å². The number of anilines is 1. The summed E-state index contributed by atoms with van der Waals surface area (Å²) in [5.74, 6) is 6.28. The van der Waals surface area contributed by atoms with Gasteiger partial charge in [0.1, 0.15) is 0 Å². The van der Waals surface area contributed by atoms with Crippen molar-refractivity contribution in [1.29, 1.82) is 0 Å². The highest BCUT2D eigenvalue weighted by Crippen LogP contribution is 2.25. The molecule has 10 nitrogen and oxygen atoms in total. The average Bonchev–Trinajstić information content (AvgIpc) is 3.52. The smallest absolute Gasteiger partial charge is 0.275 e. The van der Waals surface area contributed by atoms with Gasteiger partial charge in [0.05, 0.1) is 24.4 Å². The molecular formula is C24H23N7O3. The number of aromatic amines is 1. The summed E-state index contributed by atoms with van der Waals surface area (Å²) in [7, 11) is 0. The van der Waals surface area contributed by atoms with Crippen LogP contribution >= 0.6 is 0 Å². The van der Waals surface area contributed by atoms with Gasteiger partial charge in [-0.3, -0.25) is 4.79 Å². The fraction of sp³-hybridized carbons (Fsp3) is 0.250. The van der Waals surface area contributed by atoms with Crippen molar-refractivity contribution in [2.75, 3.05) is 32.0 Å². The van der Waals surface area contributed by atoms with Crippen molar-refractivity contribution in [3.05, 3.63) is 65.7 Å². The Labute approximate surface area is 195 Å². The number of hydrogen-bond donors (Lipinski definition) is 3. The highest BCUT2D eigenvalue weighted by Gasteiger charge is 2.25. The zero-order chi connectivity index (χ0) is 23.7. The number of nitrogen functional groups attached to an aromatic ring is 1. The first-order chi connectivity index (χ1) is 16.4. The van der Waals surface area contributed by atoms with Crippen molar-refractivity contribution >= 4 is 22.8 Å². The van der Waals surface area contributed by atoms with E-state index in [0.29, 0.717) is 60.0 Å². The number of ether oxygens (including phenoxy) is 1. The van der Waals surface area contributed by atoms with Crippen molar-refractivity contribution in [2.24, 2.45) is 0 Å². The molecule has 0 saturated carbocycles. The third-order valence-electron chi connectivity index (χ3n) is 5.63. The minimum atomic E-state index is -1.35. The van der Waals surface area contributed by atoms with E-state index in [1.165, 1.54) is 6.20 Å². The lowest BCUT2D eigenvalue weighted by Crippen LogP contribution is -2.41. The Morgan fingerprint density at radius 2 is 2.09 bits per heavy atom. The number of fused-ring (bicyclic) bond motifs is 1. The van der Waals surface area contributed by atoms with Gasteiger partial charge >= 0.3 is 0 Å². The Kier molecular flexibility index (Phi) is 5.49. The SMILES string of the molecule is CC(O)(C#Cc1ccc2c(C(=O)N3CCOCC3)nn(-c3ccnc(N)n3)c2c1)c1ccc[nH]1. The van der Waals surface area contributed by atoms with Gasteiger partial charge in [-0.05, 0) is 37.3 Å². The quantitative estimate of drug-likeness (QED) is 0.396. The Morgan fingerprint density at radius 3 is 2.82 bits per heavy atom. The molecule has 1 atom stereocenters. The van der Waals surface area contributed by atoms with Crippen LogP contribution in [0, 0.1) is 11.8 Å². The maximum atomic E-state index is 13.3. The lowest BCUT2D eigenvalue weighted by molar-refractivity contribution is 0.0300. The highest BCUT2D eigenvalue weighted by molar-refractivity contribution is 6.05. The van der Waals surface area contributed by atoms with Gasteiger partial charge in [-0.25, -0.2) is 9.67 Å². The number of amides is 1. The zero-order valence-electron chi connectivity index (χ0n) is 18.5. The van der Waals surface area contributed by atoms with E-state index in [-0.39, 0.29) is 11.9 Å². The number of nitrogens with one attached hydrogen (secondary N) is 1. The maximum Gasteiger partial charge on any atom is 0.275 e. The predicted molar refractivity (Wildman–Crippen MR) is 125 cm³/mol. The third-order valence-corrected chi connectivity index (χ3v) is 5.63. The number of morpholine rings is 1. The van der Waals surface area contributed by atoms with Gasteiger partial charge in [-0.1, -0.05) is 11.8 Å². The highest BCUT2D eigenvalue weighted by atomic mass is 16.5. The molecule has 1 fully saturated rings. The molecule has 10 heteroatoms. The monoisotopic (exact) mass is 457 g/mol. The summed E-state index contributed by atoms with van der Waals surface area (Å²) in [6.45, 7) is 3.62. The van der Waals surface area contributed by atoms with Crippen LogP contribution in [0.3, 0.4) is 0 Å². The second kappa shape index (κ2) is 8.62. The standard InChI is InChI=1S/C24H23N7O3/c1-24(33,19-3-2-9-26-19)8-6-16-4-5-17-18(15-16)31(20-7-10-27-23(25)28-20)29-21(17)22(32)30-11-13-34-14-12-30/h2-5,7,9-10,15,26,33H,11-14H2,1H3,(H2,25,27,28). The van der Waals surface area contributed by atoms with Crippen LogP contribution in [0.4, 0.5) is 5.95 Å². The number of hydrogen-bond acceptors (Lipinski definition) is 7. The van der Waals surface area contributed by atoms with E-state index in [2.05, 4.69) is 31.9 Å². The Hall–Kier alpha value is -4.20. The van der Waals surface area contributed by atoms with Crippen molar-refractivity contribution in [1.82, 2.24) is 29.6 Å². The van der Waals surface area contributed by atoms with Crippen LogP contribution in [0.15, 0.2) is 48.8 Å². The van der Waals surface area contributed by atoms with Crippen molar-refractivity contribution in [3.63, 3.8) is 0 Å². The summed E-state index contributed by atoms with van der Waals surface area (Å²) in [5, 5.41) is 16.0. The van der Waals surface area contributed by atoms with Crippen LogP contribution in [-0.4, -0.2) is 66.9 Å². The van der Waals surface area contributed by atoms with Crippen LogP contribution in [0.1, 0.15) is 28.7 Å². The molecular weight excluding hydrogens is 434 g/mol. The fourth-order valence-corrected chi connectivity index (χ4v) is 3.82. The average molecular weight is 457 g/mol. The number of rotatable bonds is 3. The first kappa shape index (κ1) is 21.6. The van der Waals surface area contributed by atoms with Crippen LogP contribution < -0.4 is 5.73 Å². The molecule has 4 heterocycles. The molecule has 1 aromatic carbocycles. The lowest BCUT2D eigenvalue weighted by atomic mass is 10.0. The van der Waals surface area contributed by atoms with Crippen molar-refractivity contribution < 1.29 is 14.6 Å². The van der Waals surface area contributed by atoms with Gasteiger partial charge in [0.2, 0.25) is 5.95 Å². The summed E-state index contributed by atoms with van der Waals surface area (Å²) in [6, 6.07) is 10.7. The summed E-state index contributed by atoms with van der Waals surface area (Å²) < 4.78 is 6.93. The van der Waals surface area contributed by atoms with E-state index >= 15 is 0 Å². The molecule has 3 aromatic heterocycles. The van der Waals surface area contributed by atoms with E-state index in [1.54, 1.807) is 47.0 Å². The number of H-pyrrole nitrogens is 1. The Morgan fingerprint density at radius 1 is 1.26 bits per heavy atom. The Balaban J connectivity index is 1.60. The molecule has 172 valence electrons. The van der Waals surface area contributed by atoms with Crippen molar-refractivity contribution in [3.8, 4) is 17.7 Å². The second-order valence-corrected chi connectivity index (χ2v) is 8.08. The topological polar surface area (TPSA) is 135 Å². The number of carbonyl (C=O) groups excluding carboxylic acids is 1. The molecule has 0 spiro atoms. The molecule has 4 aromatic rings. The first-order valence-electron chi connectivity index (χ1n) is 10.8. The lowest BCUT2D eigenvalue weighted by Gasteiger charge is -2.26. The van der Waals surface area contributed by atoms with Gasteiger partial charge in [0.15, 0.2) is 17.1 Å². The van der Waals surface area contributed by atoms with E-state index in [0.717, 1.165) is 0 Å². The Bertz CT molecular complexity index is 1410. The number of benzene rings is 1. The molecule has 1 aliphatic heterocycles. The van der Waals surface area contributed by atoms with Gasteiger partial charge in [-0.15, -0.1) is 0 Å². The molecule has 1 amide bonds. The molecule has 0 aliphatic carbocycles. The maximum absolute atomic E-state index is 13.3. The molecule has 5 rings (SSSR count). The number of nitrogens with zero attached hydrogens (tertiary/aromatic N) is 5. The van der Waals surface area contributed by atoms with E-state index < -0.39 is 5.60 Å². The van der Waals surface area contributed by atoms with E-state index in [1.807, 2.05) is 12.1 Å². The number of carbonyl (C=O) groups is 1. The number of aliphatic hydroxyl groups is 1. The zero-order valence-corrected chi connectivity index (χ0v) is 18.5. The van der Waals surface area contributed by atoms with E-state index in [9.17, 15) is 9.90 Å². The minimum Gasteiger partial charge on any atom is -0.378 e. The molecule has 4 N–H and O–H groups in total. The first-order valence-corrected chi connectivity index (χ1v) is 10.8.